The quantitative estimate of drug-likeness (QED) is 0.0709. The number of nitro benzene ring substituents is 1. The van der Waals surface area contributed by atoms with E-state index >= 15 is 0 Å². The molecule has 0 amide bonds. The fourth-order valence-electron chi connectivity index (χ4n) is 3.78. The fourth-order valence-corrected chi connectivity index (χ4v) is 4.40. The van der Waals surface area contributed by atoms with Crippen molar-refractivity contribution in [2.45, 2.75) is 84.6 Å². The van der Waals surface area contributed by atoms with E-state index in [0.29, 0.717) is 24.3 Å². The standard InChI is InChI=1S/C28H39N4O9P.ClH/c1-6-20(7-2)18-28(29,27(34)39-22(8-3)9-4)40-26(33)19(5)30-31-42(37)41-25-16-14-24(15-17-25)38-23-12-10-21(11-13-23)32(35)36;/h10-17,19-20,22,30H,6-9,18,29H2,1-5H3;1H/t19-,28-;/m0./s1. The van der Waals surface area contributed by atoms with Crippen molar-refractivity contribution in [2.24, 2.45) is 16.5 Å². The van der Waals surface area contributed by atoms with Gasteiger partial charge in [-0.05, 0) is 62.1 Å². The molecular formula is C28H40ClN4O9P. The molecule has 2 aromatic rings. The Morgan fingerprint density at radius 1 is 0.977 bits per heavy atom. The van der Waals surface area contributed by atoms with Crippen molar-refractivity contribution in [3.63, 3.8) is 0 Å². The van der Waals surface area contributed by atoms with Crippen LogP contribution >= 0.6 is 20.6 Å². The first kappa shape index (κ1) is 37.7. The summed E-state index contributed by atoms with van der Waals surface area (Å²) in [7, 11) is -2.63. The molecule has 0 aliphatic heterocycles. The SMILES string of the molecule is CCC(CC)C[C@](N)(OC(=O)[C@H](C)N/N=[P+](\[O-])Oc1ccc(Oc2ccc([N+](=O)[O-])cc2)cc1)C(=O)OC(CC)CC.Cl. The number of nitro groups is 1. The lowest BCUT2D eigenvalue weighted by atomic mass is 9.92. The van der Waals surface area contributed by atoms with Gasteiger partial charge in [-0.3, -0.25) is 25.2 Å². The predicted octanol–water partition coefficient (Wildman–Crippen LogP) is 5.69. The van der Waals surface area contributed by atoms with Crippen molar-refractivity contribution < 1.29 is 38.1 Å². The lowest BCUT2D eigenvalue weighted by Gasteiger charge is -2.32. The van der Waals surface area contributed by atoms with Crippen LogP contribution in [0, 0.1) is 16.0 Å². The highest BCUT2D eigenvalue weighted by atomic mass is 35.5. The Kier molecular flexibility index (Phi) is 16.1. The fraction of sp³-hybridized carbons (Fsp3) is 0.500. The number of nitrogens with one attached hydrogen (secondary N) is 1. The highest BCUT2D eigenvalue weighted by molar-refractivity contribution is 7.33. The molecule has 2 rings (SSSR count). The summed E-state index contributed by atoms with van der Waals surface area (Å²) in [6.07, 6.45) is 2.39. The molecular weight excluding hydrogens is 603 g/mol. The van der Waals surface area contributed by atoms with Crippen LogP contribution in [0.3, 0.4) is 0 Å². The van der Waals surface area contributed by atoms with Crippen LogP contribution in [0.1, 0.15) is 66.7 Å². The van der Waals surface area contributed by atoms with E-state index in [1.54, 1.807) is 12.1 Å². The third-order valence-corrected chi connectivity index (χ3v) is 7.18. The van der Waals surface area contributed by atoms with Crippen molar-refractivity contribution >= 4 is 38.2 Å². The van der Waals surface area contributed by atoms with E-state index in [1.165, 1.54) is 43.3 Å². The smallest absolute Gasteiger partial charge is 0.412 e. The molecule has 0 radical (unpaired) electrons. The lowest BCUT2D eigenvalue weighted by Crippen LogP contribution is -2.56. The molecule has 0 saturated heterocycles. The number of esters is 2. The maximum atomic E-state index is 13.0. The number of non-ortho nitro benzene ring substituents is 1. The molecule has 3 atom stereocenters. The first-order valence-electron chi connectivity index (χ1n) is 13.8. The van der Waals surface area contributed by atoms with E-state index in [0.717, 1.165) is 12.8 Å². The van der Waals surface area contributed by atoms with Crippen molar-refractivity contribution in [2.75, 3.05) is 0 Å². The Labute approximate surface area is 258 Å². The molecule has 2 aromatic carbocycles. The molecule has 0 aliphatic rings. The van der Waals surface area contributed by atoms with Crippen LogP contribution in [0.15, 0.2) is 53.4 Å². The van der Waals surface area contributed by atoms with Crippen molar-refractivity contribution in [1.29, 1.82) is 0 Å². The van der Waals surface area contributed by atoms with Crippen molar-refractivity contribution in [1.82, 2.24) is 5.43 Å². The topological polar surface area (TPSA) is 188 Å². The van der Waals surface area contributed by atoms with Gasteiger partial charge in [0.25, 0.3) is 11.4 Å². The highest BCUT2D eigenvalue weighted by Gasteiger charge is 2.43. The Bertz CT molecular complexity index is 1210. The second-order valence-corrected chi connectivity index (χ2v) is 10.5. The maximum Gasteiger partial charge on any atom is 0.412 e. The van der Waals surface area contributed by atoms with E-state index in [9.17, 15) is 24.6 Å². The minimum absolute atomic E-state index is 0. The minimum atomic E-state index is -2.63. The molecule has 0 fully saturated rings. The molecule has 0 aromatic heterocycles. The van der Waals surface area contributed by atoms with Gasteiger partial charge in [-0.1, -0.05) is 40.5 Å². The molecule has 0 spiro atoms. The number of nitrogens with two attached hydrogens (primary N) is 1. The van der Waals surface area contributed by atoms with Gasteiger partial charge in [0.05, 0.1) is 4.92 Å². The van der Waals surface area contributed by atoms with E-state index in [1.807, 2.05) is 27.7 Å². The lowest BCUT2D eigenvalue weighted by molar-refractivity contribution is -0.384. The molecule has 0 bridgehead atoms. The summed E-state index contributed by atoms with van der Waals surface area (Å²) in [5.74, 6) is -0.632. The van der Waals surface area contributed by atoms with Gasteiger partial charge in [0.1, 0.15) is 23.6 Å². The van der Waals surface area contributed by atoms with Gasteiger partial charge in [-0.2, -0.15) is 5.43 Å². The average Bonchev–Trinajstić information content (AvgIpc) is 2.98. The predicted molar refractivity (Wildman–Crippen MR) is 162 cm³/mol. The second-order valence-electron chi connectivity index (χ2n) is 9.65. The van der Waals surface area contributed by atoms with Gasteiger partial charge in [0, 0.05) is 23.4 Å². The normalized spacial score (nSPS) is 13.5. The number of halogens is 1. The van der Waals surface area contributed by atoms with Crippen LogP contribution in [0.5, 0.6) is 17.2 Å². The number of hydrogen-bond acceptors (Lipinski definition) is 11. The van der Waals surface area contributed by atoms with Gasteiger partial charge >= 0.3 is 20.1 Å². The molecule has 0 saturated carbocycles. The number of rotatable bonds is 17. The maximum absolute atomic E-state index is 13.0. The van der Waals surface area contributed by atoms with E-state index in [4.69, 9.17) is 24.5 Å². The van der Waals surface area contributed by atoms with Gasteiger partial charge in [0.2, 0.25) is 0 Å². The highest BCUT2D eigenvalue weighted by Crippen LogP contribution is 2.29. The molecule has 238 valence electrons. The summed E-state index contributed by atoms with van der Waals surface area (Å²) in [5, 5.41) is 10.8. The third-order valence-electron chi connectivity index (χ3n) is 6.54. The Hall–Kier alpha value is -3.35. The van der Waals surface area contributed by atoms with E-state index in [2.05, 4.69) is 10.3 Å². The Morgan fingerprint density at radius 3 is 1.98 bits per heavy atom. The number of carbonyl (C=O) groups excluding carboxylic acids is 2. The van der Waals surface area contributed by atoms with Gasteiger partial charge in [-0.25, -0.2) is 4.79 Å². The van der Waals surface area contributed by atoms with E-state index in [-0.39, 0.29) is 42.3 Å². The molecule has 0 heterocycles. The molecule has 13 nitrogen and oxygen atoms in total. The first-order chi connectivity index (χ1) is 19.9. The number of ether oxygens (including phenoxy) is 3. The second kappa shape index (κ2) is 18.3. The zero-order valence-electron chi connectivity index (χ0n) is 24.9. The Morgan fingerprint density at radius 2 is 1.49 bits per heavy atom. The number of nitrogens with zero attached hydrogens (tertiary/aromatic N) is 2. The zero-order valence-corrected chi connectivity index (χ0v) is 26.6. The first-order valence-corrected chi connectivity index (χ1v) is 14.9. The zero-order chi connectivity index (χ0) is 31.3. The van der Waals surface area contributed by atoms with Crippen molar-refractivity contribution in [3.8, 4) is 17.2 Å². The number of benzene rings is 2. The molecule has 43 heavy (non-hydrogen) atoms. The van der Waals surface area contributed by atoms with Crippen LogP contribution in [-0.2, 0) is 19.1 Å². The van der Waals surface area contributed by atoms with Gasteiger partial charge < -0.3 is 19.1 Å². The largest absolute Gasteiger partial charge is 0.574 e. The molecule has 15 heteroatoms. The van der Waals surface area contributed by atoms with Gasteiger partial charge in [0.15, 0.2) is 5.75 Å². The summed E-state index contributed by atoms with van der Waals surface area (Å²) >= 11 is 0. The van der Waals surface area contributed by atoms with Crippen molar-refractivity contribution in [3.05, 3.63) is 58.6 Å². The van der Waals surface area contributed by atoms with Crippen LogP contribution in [0.4, 0.5) is 5.69 Å². The Balaban J connectivity index is 0.00000924. The number of carbonyl (C=O) groups is 2. The minimum Gasteiger partial charge on any atom is -0.574 e. The van der Waals surface area contributed by atoms with Crippen LogP contribution in [0.2, 0.25) is 0 Å². The summed E-state index contributed by atoms with van der Waals surface area (Å²) in [5.41, 5.74) is 6.72. The van der Waals surface area contributed by atoms with Crippen LogP contribution < -0.4 is 25.3 Å². The molecule has 3 N–H and O–H groups in total. The molecule has 1 unspecified atom stereocenters. The summed E-state index contributed by atoms with van der Waals surface area (Å²) < 4.78 is 21.9. The summed E-state index contributed by atoms with van der Waals surface area (Å²) in [6.45, 7) is 9.10. The number of hydrogen-bond donors (Lipinski definition) is 2. The molecule has 0 aliphatic carbocycles. The van der Waals surface area contributed by atoms with E-state index < -0.39 is 36.8 Å². The average molecular weight is 643 g/mol. The monoisotopic (exact) mass is 642 g/mol. The van der Waals surface area contributed by atoms with Gasteiger partial charge in [-0.15, -0.1) is 12.4 Å². The van der Waals surface area contributed by atoms with Crippen LogP contribution in [0.25, 0.3) is 0 Å². The van der Waals surface area contributed by atoms with Crippen LogP contribution in [-0.4, -0.2) is 34.7 Å². The third kappa shape index (κ3) is 12.0. The summed E-state index contributed by atoms with van der Waals surface area (Å²) in [4.78, 5) is 52.1. The summed E-state index contributed by atoms with van der Waals surface area (Å²) in [6, 6.07) is 10.6.